The quantitative estimate of drug-likeness (QED) is 0.791. The Morgan fingerprint density at radius 2 is 2.35 bits per heavy atom. The lowest BCUT2D eigenvalue weighted by atomic mass is 10.0. The summed E-state index contributed by atoms with van der Waals surface area (Å²) in [4.78, 5) is 6.94. The van der Waals surface area contributed by atoms with Crippen molar-refractivity contribution < 1.29 is 4.42 Å². The lowest BCUT2D eigenvalue weighted by Gasteiger charge is -2.24. The minimum absolute atomic E-state index is 0.925. The van der Waals surface area contributed by atoms with Gasteiger partial charge in [-0.1, -0.05) is 13.0 Å². The van der Waals surface area contributed by atoms with E-state index in [4.69, 9.17) is 4.42 Å². The number of likely N-dealkylation sites (N-methyl/N-ethyl adjacent to an activating group) is 1. The van der Waals surface area contributed by atoms with Crippen LogP contribution in [0.3, 0.4) is 0 Å². The average Bonchev–Trinajstić information content (AvgIpc) is 2.87. The largest absolute Gasteiger partial charge is 0.464 e. The average molecular weight is 228 g/mol. The number of pyridine rings is 1. The minimum Gasteiger partial charge on any atom is -0.464 e. The summed E-state index contributed by atoms with van der Waals surface area (Å²) in [5, 5.41) is 1.13. The lowest BCUT2D eigenvalue weighted by Crippen LogP contribution is -2.28. The second-order valence-electron chi connectivity index (χ2n) is 4.36. The second kappa shape index (κ2) is 4.34. The fourth-order valence-electron chi connectivity index (χ4n) is 2.36. The van der Waals surface area contributed by atoms with Gasteiger partial charge in [-0.2, -0.15) is 0 Å². The minimum atomic E-state index is 0.925. The van der Waals surface area contributed by atoms with Gasteiger partial charge < -0.3 is 4.42 Å². The van der Waals surface area contributed by atoms with Crippen molar-refractivity contribution in [3.63, 3.8) is 0 Å². The molecule has 0 unspecified atom stereocenters. The molecule has 0 bridgehead atoms. The Labute approximate surface area is 101 Å². The summed E-state index contributed by atoms with van der Waals surface area (Å²) >= 11 is 0. The highest BCUT2D eigenvalue weighted by molar-refractivity contribution is 5.89. The first kappa shape index (κ1) is 10.5. The van der Waals surface area contributed by atoms with Crippen LogP contribution in [0.1, 0.15) is 19.0 Å². The van der Waals surface area contributed by atoms with Crippen LogP contribution in [0.5, 0.6) is 0 Å². The molecule has 3 heterocycles. The van der Waals surface area contributed by atoms with Gasteiger partial charge in [-0.25, -0.2) is 0 Å². The van der Waals surface area contributed by atoms with Gasteiger partial charge in [-0.3, -0.25) is 9.88 Å². The molecule has 17 heavy (non-hydrogen) atoms. The Morgan fingerprint density at radius 3 is 3.12 bits per heavy atom. The highest BCUT2D eigenvalue weighted by Gasteiger charge is 2.15. The van der Waals surface area contributed by atoms with E-state index in [1.807, 2.05) is 18.3 Å². The van der Waals surface area contributed by atoms with Crippen LogP contribution in [-0.2, 0) is 0 Å². The van der Waals surface area contributed by atoms with Gasteiger partial charge in [-0.05, 0) is 30.7 Å². The third-order valence-corrected chi connectivity index (χ3v) is 3.42. The van der Waals surface area contributed by atoms with Gasteiger partial charge in [0.15, 0.2) is 0 Å². The van der Waals surface area contributed by atoms with Crippen molar-refractivity contribution in [3.05, 3.63) is 36.4 Å². The van der Waals surface area contributed by atoms with E-state index in [-0.39, 0.29) is 0 Å². The molecule has 1 aliphatic rings. The third-order valence-electron chi connectivity index (χ3n) is 3.42. The van der Waals surface area contributed by atoms with Gasteiger partial charge in [0.25, 0.3) is 0 Å². The molecule has 2 aromatic rings. The molecule has 0 aromatic carbocycles. The van der Waals surface area contributed by atoms with Gasteiger partial charge in [0, 0.05) is 24.7 Å². The number of hydrogen-bond acceptors (Lipinski definition) is 3. The summed E-state index contributed by atoms with van der Waals surface area (Å²) < 4.78 is 5.41. The van der Waals surface area contributed by atoms with E-state index in [1.165, 1.54) is 5.57 Å². The van der Waals surface area contributed by atoms with Crippen LogP contribution >= 0.6 is 0 Å². The molecule has 1 aliphatic heterocycles. The van der Waals surface area contributed by atoms with Crippen molar-refractivity contribution in [3.8, 4) is 0 Å². The summed E-state index contributed by atoms with van der Waals surface area (Å²) in [6.07, 6.45) is 6.93. The normalized spacial score (nSPS) is 17.4. The molecular weight excluding hydrogens is 212 g/mol. The van der Waals surface area contributed by atoms with Crippen molar-refractivity contribution in [2.75, 3.05) is 19.6 Å². The predicted molar refractivity (Wildman–Crippen MR) is 68.7 cm³/mol. The predicted octanol–water partition coefficient (Wildman–Crippen LogP) is 2.94. The maximum absolute atomic E-state index is 5.41. The number of furan rings is 1. The van der Waals surface area contributed by atoms with Crippen LogP contribution in [0.15, 0.2) is 35.1 Å². The molecule has 0 saturated heterocycles. The van der Waals surface area contributed by atoms with Crippen LogP contribution < -0.4 is 0 Å². The molecule has 0 saturated carbocycles. The van der Waals surface area contributed by atoms with Crippen LogP contribution in [0.2, 0.25) is 0 Å². The van der Waals surface area contributed by atoms with Gasteiger partial charge in [-0.15, -0.1) is 0 Å². The van der Waals surface area contributed by atoms with E-state index < -0.39 is 0 Å². The molecule has 3 rings (SSSR count). The summed E-state index contributed by atoms with van der Waals surface area (Å²) in [6, 6.07) is 3.92. The molecule has 3 heteroatoms. The van der Waals surface area contributed by atoms with Crippen molar-refractivity contribution >= 4 is 16.5 Å². The molecule has 0 aliphatic carbocycles. The Bertz CT molecular complexity index is 556. The topological polar surface area (TPSA) is 29.3 Å². The van der Waals surface area contributed by atoms with Crippen LogP contribution in [0.4, 0.5) is 0 Å². The van der Waals surface area contributed by atoms with E-state index in [0.717, 1.165) is 42.7 Å². The summed E-state index contributed by atoms with van der Waals surface area (Å²) in [6.45, 7) is 5.47. The van der Waals surface area contributed by atoms with Gasteiger partial charge in [0.1, 0.15) is 5.58 Å². The molecule has 0 spiro atoms. The maximum Gasteiger partial charge on any atom is 0.137 e. The maximum atomic E-state index is 5.41. The molecule has 0 amide bonds. The molecule has 0 atom stereocenters. The fourth-order valence-corrected chi connectivity index (χ4v) is 2.36. The van der Waals surface area contributed by atoms with E-state index in [0.29, 0.717) is 0 Å². The van der Waals surface area contributed by atoms with Gasteiger partial charge >= 0.3 is 0 Å². The van der Waals surface area contributed by atoms with Crippen LogP contribution in [0, 0.1) is 0 Å². The fraction of sp³-hybridized carbons (Fsp3) is 0.357. The molecule has 0 N–H and O–H groups in total. The molecule has 0 fully saturated rings. The van der Waals surface area contributed by atoms with Crippen molar-refractivity contribution in [1.29, 1.82) is 0 Å². The van der Waals surface area contributed by atoms with Crippen LogP contribution in [-0.4, -0.2) is 29.5 Å². The van der Waals surface area contributed by atoms with Crippen molar-refractivity contribution in [1.82, 2.24) is 9.88 Å². The number of aromatic nitrogens is 1. The molecule has 0 radical (unpaired) electrons. The second-order valence-corrected chi connectivity index (χ2v) is 4.36. The monoisotopic (exact) mass is 228 g/mol. The number of rotatable bonds is 2. The van der Waals surface area contributed by atoms with E-state index in [9.17, 15) is 0 Å². The zero-order valence-electron chi connectivity index (χ0n) is 10.0. The summed E-state index contributed by atoms with van der Waals surface area (Å²) in [5.41, 5.74) is 3.36. The van der Waals surface area contributed by atoms with Crippen LogP contribution in [0.25, 0.3) is 16.5 Å². The van der Waals surface area contributed by atoms with Gasteiger partial charge in [0.2, 0.25) is 0 Å². The highest BCUT2D eigenvalue weighted by Crippen LogP contribution is 2.27. The lowest BCUT2D eigenvalue weighted by molar-refractivity contribution is 0.318. The smallest absolute Gasteiger partial charge is 0.137 e. The summed E-state index contributed by atoms with van der Waals surface area (Å²) in [5.74, 6) is 0. The SMILES string of the molecule is CCN1CC=C(c2nccc3occc23)CC1. The number of fused-ring (bicyclic) bond motifs is 1. The molecule has 88 valence electrons. The Morgan fingerprint density at radius 1 is 1.41 bits per heavy atom. The van der Waals surface area contributed by atoms with E-state index in [2.05, 4.69) is 22.9 Å². The standard InChI is InChI=1S/C14H16N2O/c1-2-16-8-4-11(5-9-16)14-12-6-10-17-13(12)3-7-15-14/h3-4,6-7,10H,2,5,8-9H2,1H3. The first-order valence-electron chi connectivity index (χ1n) is 6.12. The number of nitrogens with zero attached hydrogens (tertiary/aromatic N) is 2. The zero-order valence-corrected chi connectivity index (χ0v) is 10.0. The van der Waals surface area contributed by atoms with E-state index in [1.54, 1.807) is 6.26 Å². The highest BCUT2D eigenvalue weighted by atomic mass is 16.3. The molecular formula is C14H16N2O. The number of hydrogen-bond donors (Lipinski definition) is 0. The van der Waals surface area contributed by atoms with Gasteiger partial charge in [0.05, 0.1) is 12.0 Å². The van der Waals surface area contributed by atoms with E-state index >= 15 is 0 Å². The molecule has 2 aromatic heterocycles. The first-order valence-corrected chi connectivity index (χ1v) is 6.12. The third kappa shape index (κ3) is 1.87. The Balaban J connectivity index is 1.99. The Hall–Kier alpha value is -1.61. The first-order chi connectivity index (χ1) is 8.38. The summed E-state index contributed by atoms with van der Waals surface area (Å²) in [7, 11) is 0. The Kier molecular flexibility index (Phi) is 2.69. The molecule has 3 nitrogen and oxygen atoms in total. The zero-order chi connectivity index (χ0) is 11.7. The van der Waals surface area contributed by atoms with Crippen molar-refractivity contribution in [2.24, 2.45) is 0 Å². The van der Waals surface area contributed by atoms with Crippen molar-refractivity contribution in [2.45, 2.75) is 13.3 Å².